The summed E-state index contributed by atoms with van der Waals surface area (Å²) in [6, 6.07) is 14.3. The average molecular weight is 271 g/mol. The lowest BCUT2D eigenvalue weighted by Crippen LogP contribution is -2.07. The number of hydrogen-bond donors (Lipinski definition) is 2. The Bertz CT molecular complexity index is 582. The molecule has 0 fully saturated rings. The monoisotopic (exact) mass is 271 g/mol. The van der Waals surface area contributed by atoms with E-state index in [1.165, 1.54) is 23.8 Å². The van der Waals surface area contributed by atoms with Gasteiger partial charge in [0.1, 0.15) is 5.75 Å². The second-order valence-corrected chi connectivity index (χ2v) is 4.50. The van der Waals surface area contributed by atoms with Gasteiger partial charge in [-0.2, -0.15) is 0 Å². The lowest BCUT2D eigenvalue weighted by atomic mass is 10.1. The molecule has 2 aromatic rings. The summed E-state index contributed by atoms with van der Waals surface area (Å²) in [7, 11) is 0. The Kier molecular flexibility index (Phi) is 4.60. The van der Waals surface area contributed by atoms with Crippen LogP contribution < -0.4 is 5.73 Å². The summed E-state index contributed by atoms with van der Waals surface area (Å²) in [6.45, 7) is 0.356. The molecule has 3 N–H and O–H groups in total. The van der Waals surface area contributed by atoms with Crippen molar-refractivity contribution in [1.29, 1.82) is 0 Å². The molecule has 0 atom stereocenters. The predicted octanol–water partition coefficient (Wildman–Crippen LogP) is 2.76. The summed E-state index contributed by atoms with van der Waals surface area (Å²) in [6.07, 6.45) is 1.63. The van der Waals surface area contributed by atoms with E-state index in [2.05, 4.69) is 0 Å². The predicted molar refractivity (Wildman–Crippen MR) is 77.6 cm³/mol. The second-order valence-electron chi connectivity index (χ2n) is 4.50. The van der Waals surface area contributed by atoms with Crippen LogP contribution in [0.25, 0.3) is 0 Å². The Morgan fingerprint density at radius 3 is 2.60 bits per heavy atom. The fraction of sp³-hybridized carbons (Fsp3) is 0.188. The van der Waals surface area contributed by atoms with E-state index in [1.807, 2.05) is 30.3 Å². The number of phenolic OH excluding ortho intramolecular Hbond substituents is 1. The molecule has 0 radical (unpaired) electrons. The van der Waals surface area contributed by atoms with Crippen molar-refractivity contribution in [1.82, 2.24) is 0 Å². The molecule has 20 heavy (non-hydrogen) atoms. The zero-order valence-corrected chi connectivity index (χ0v) is 11.1. The molecule has 0 aliphatic carbocycles. The van der Waals surface area contributed by atoms with Crippen LogP contribution in [0.5, 0.6) is 5.75 Å². The van der Waals surface area contributed by atoms with Gasteiger partial charge in [0.15, 0.2) is 0 Å². The van der Waals surface area contributed by atoms with Crippen molar-refractivity contribution < 1.29 is 14.6 Å². The number of carbonyl (C=O) groups excluding carboxylic acids is 1. The van der Waals surface area contributed by atoms with E-state index in [0.717, 1.165) is 12.8 Å². The van der Waals surface area contributed by atoms with Gasteiger partial charge < -0.3 is 15.6 Å². The molecule has 0 heterocycles. The number of aryl methyl sites for hydroxylation is 1. The van der Waals surface area contributed by atoms with Crippen molar-refractivity contribution in [3.05, 3.63) is 59.7 Å². The van der Waals surface area contributed by atoms with Gasteiger partial charge >= 0.3 is 5.97 Å². The SMILES string of the molecule is Nc1cc(C(=O)OCCCc2ccccc2)ccc1O. The van der Waals surface area contributed by atoms with Gasteiger partial charge in [0.25, 0.3) is 0 Å². The van der Waals surface area contributed by atoms with Crippen LogP contribution in [0.3, 0.4) is 0 Å². The van der Waals surface area contributed by atoms with Crippen molar-refractivity contribution in [3.8, 4) is 5.75 Å². The van der Waals surface area contributed by atoms with Crippen molar-refractivity contribution in [3.63, 3.8) is 0 Å². The Morgan fingerprint density at radius 1 is 1.15 bits per heavy atom. The first-order valence-corrected chi connectivity index (χ1v) is 6.46. The molecule has 4 nitrogen and oxygen atoms in total. The first-order valence-electron chi connectivity index (χ1n) is 6.46. The molecule has 0 spiro atoms. The maximum atomic E-state index is 11.8. The third-order valence-electron chi connectivity index (χ3n) is 2.95. The number of benzene rings is 2. The second kappa shape index (κ2) is 6.61. The van der Waals surface area contributed by atoms with Crippen LogP contribution >= 0.6 is 0 Å². The lowest BCUT2D eigenvalue weighted by molar-refractivity contribution is 0.0500. The molecule has 0 saturated heterocycles. The number of ether oxygens (including phenoxy) is 1. The van der Waals surface area contributed by atoms with E-state index in [4.69, 9.17) is 10.5 Å². The molecule has 104 valence electrons. The number of anilines is 1. The number of rotatable bonds is 5. The molecule has 0 aliphatic rings. The van der Waals surface area contributed by atoms with Crippen LogP contribution in [-0.4, -0.2) is 17.7 Å². The van der Waals surface area contributed by atoms with Gasteiger partial charge in [0.05, 0.1) is 17.9 Å². The third kappa shape index (κ3) is 3.75. The number of hydrogen-bond acceptors (Lipinski definition) is 4. The Hall–Kier alpha value is -2.49. The van der Waals surface area contributed by atoms with Gasteiger partial charge in [0.2, 0.25) is 0 Å². The van der Waals surface area contributed by atoms with E-state index in [0.29, 0.717) is 12.2 Å². The van der Waals surface area contributed by atoms with Crippen LogP contribution in [0.15, 0.2) is 48.5 Å². The minimum absolute atomic E-state index is 0.0365. The van der Waals surface area contributed by atoms with E-state index < -0.39 is 5.97 Å². The quantitative estimate of drug-likeness (QED) is 0.379. The zero-order chi connectivity index (χ0) is 14.4. The molecule has 0 aromatic heterocycles. The minimum Gasteiger partial charge on any atom is -0.506 e. The van der Waals surface area contributed by atoms with Gasteiger partial charge in [-0.05, 0) is 36.6 Å². The van der Waals surface area contributed by atoms with E-state index in [9.17, 15) is 9.90 Å². The van der Waals surface area contributed by atoms with Gasteiger partial charge in [-0.15, -0.1) is 0 Å². The van der Waals surface area contributed by atoms with Crippen LogP contribution in [-0.2, 0) is 11.2 Å². The van der Waals surface area contributed by atoms with Gasteiger partial charge in [-0.25, -0.2) is 4.79 Å². The van der Waals surface area contributed by atoms with Crippen molar-refractivity contribution in [2.24, 2.45) is 0 Å². The summed E-state index contributed by atoms with van der Waals surface area (Å²) < 4.78 is 5.17. The number of aromatic hydroxyl groups is 1. The molecule has 0 bridgehead atoms. The largest absolute Gasteiger partial charge is 0.506 e. The number of carbonyl (C=O) groups is 1. The maximum Gasteiger partial charge on any atom is 0.338 e. The van der Waals surface area contributed by atoms with Crippen molar-refractivity contribution >= 4 is 11.7 Å². The normalized spacial score (nSPS) is 10.2. The topological polar surface area (TPSA) is 72.6 Å². The third-order valence-corrected chi connectivity index (χ3v) is 2.95. The summed E-state index contributed by atoms with van der Waals surface area (Å²) in [4.78, 5) is 11.8. The highest BCUT2D eigenvalue weighted by Gasteiger charge is 2.08. The first kappa shape index (κ1) is 13.9. The molecule has 2 rings (SSSR count). The molecule has 2 aromatic carbocycles. The molecule has 0 saturated carbocycles. The highest BCUT2D eigenvalue weighted by Crippen LogP contribution is 2.20. The van der Waals surface area contributed by atoms with Crippen molar-refractivity contribution in [2.75, 3.05) is 12.3 Å². The zero-order valence-electron chi connectivity index (χ0n) is 11.1. The minimum atomic E-state index is -0.426. The smallest absolute Gasteiger partial charge is 0.338 e. The van der Waals surface area contributed by atoms with Crippen LogP contribution in [0, 0.1) is 0 Å². The average Bonchev–Trinajstić information content (AvgIpc) is 2.47. The fourth-order valence-corrected chi connectivity index (χ4v) is 1.85. The fourth-order valence-electron chi connectivity index (χ4n) is 1.85. The number of esters is 1. The van der Waals surface area contributed by atoms with Gasteiger partial charge in [-0.3, -0.25) is 0 Å². The summed E-state index contributed by atoms with van der Waals surface area (Å²) >= 11 is 0. The Morgan fingerprint density at radius 2 is 1.90 bits per heavy atom. The van der Waals surface area contributed by atoms with Crippen molar-refractivity contribution in [2.45, 2.75) is 12.8 Å². The van der Waals surface area contributed by atoms with Crippen LogP contribution in [0.1, 0.15) is 22.3 Å². The van der Waals surface area contributed by atoms with Crippen LogP contribution in [0.4, 0.5) is 5.69 Å². The molecule has 0 amide bonds. The Balaban J connectivity index is 1.79. The molecular weight excluding hydrogens is 254 g/mol. The summed E-state index contributed by atoms with van der Waals surface area (Å²) in [5.41, 5.74) is 7.27. The first-order chi connectivity index (χ1) is 9.66. The van der Waals surface area contributed by atoms with E-state index >= 15 is 0 Å². The van der Waals surface area contributed by atoms with Gasteiger partial charge in [-0.1, -0.05) is 30.3 Å². The highest BCUT2D eigenvalue weighted by atomic mass is 16.5. The maximum absolute atomic E-state index is 11.8. The summed E-state index contributed by atoms with van der Waals surface area (Å²) in [5.74, 6) is -0.463. The standard InChI is InChI=1S/C16H17NO3/c17-14-11-13(8-9-15(14)18)16(19)20-10-4-7-12-5-2-1-3-6-12/h1-3,5-6,8-9,11,18H,4,7,10,17H2. The van der Waals surface area contributed by atoms with Gasteiger partial charge in [0, 0.05) is 0 Å². The van der Waals surface area contributed by atoms with E-state index in [1.54, 1.807) is 0 Å². The number of nitrogens with two attached hydrogens (primary N) is 1. The molecular formula is C16H17NO3. The highest BCUT2D eigenvalue weighted by molar-refractivity contribution is 5.90. The number of nitrogen functional groups attached to an aromatic ring is 1. The molecule has 0 unspecified atom stereocenters. The molecule has 0 aliphatic heterocycles. The Labute approximate surface area is 117 Å². The van der Waals surface area contributed by atoms with E-state index in [-0.39, 0.29) is 11.4 Å². The summed E-state index contributed by atoms with van der Waals surface area (Å²) in [5, 5.41) is 9.29. The van der Waals surface area contributed by atoms with Crippen LogP contribution in [0.2, 0.25) is 0 Å². The molecule has 4 heteroatoms. The lowest BCUT2D eigenvalue weighted by Gasteiger charge is -2.06. The number of phenols is 1.